The van der Waals surface area contributed by atoms with E-state index < -0.39 is 0 Å². The minimum atomic E-state index is 0.598. The number of para-hydroxylation sites is 1. The molecule has 0 atom stereocenters. The topological polar surface area (TPSA) is 42.1 Å². The van der Waals surface area contributed by atoms with Gasteiger partial charge in [0.25, 0.3) is 0 Å². The van der Waals surface area contributed by atoms with Crippen LogP contribution in [0, 0.1) is 5.92 Å². The quantitative estimate of drug-likeness (QED) is 0.917. The number of pyridine rings is 1. The van der Waals surface area contributed by atoms with Crippen molar-refractivity contribution in [3.05, 3.63) is 30.5 Å². The van der Waals surface area contributed by atoms with Gasteiger partial charge in [-0.3, -0.25) is 4.98 Å². The van der Waals surface area contributed by atoms with Crippen molar-refractivity contribution in [3.63, 3.8) is 0 Å². The lowest BCUT2D eigenvalue weighted by molar-refractivity contribution is 0.314. The Morgan fingerprint density at radius 3 is 2.62 bits per heavy atom. The molecule has 3 nitrogen and oxygen atoms in total. The van der Waals surface area contributed by atoms with Crippen LogP contribution in [0.1, 0.15) is 39.0 Å². The van der Waals surface area contributed by atoms with E-state index >= 15 is 0 Å². The van der Waals surface area contributed by atoms with Gasteiger partial charge < -0.3 is 10.6 Å². The molecule has 0 aliphatic heterocycles. The molecule has 3 rings (SSSR count). The maximum absolute atomic E-state index is 6.24. The summed E-state index contributed by atoms with van der Waals surface area (Å²) in [7, 11) is 2.19. The van der Waals surface area contributed by atoms with E-state index in [1.807, 2.05) is 6.07 Å². The van der Waals surface area contributed by atoms with Gasteiger partial charge in [0.1, 0.15) is 0 Å². The summed E-state index contributed by atoms with van der Waals surface area (Å²) >= 11 is 0. The molecule has 1 aromatic heterocycles. The van der Waals surface area contributed by atoms with Gasteiger partial charge in [0.15, 0.2) is 0 Å². The summed E-state index contributed by atoms with van der Waals surface area (Å²) < 4.78 is 0. The predicted molar refractivity (Wildman–Crippen MR) is 90.6 cm³/mol. The molecule has 3 heteroatoms. The van der Waals surface area contributed by atoms with Gasteiger partial charge in [-0.15, -0.1) is 0 Å². The summed E-state index contributed by atoms with van der Waals surface area (Å²) in [5.41, 5.74) is 9.21. The maximum Gasteiger partial charge on any atom is 0.0745 e. The number of rotatable bonds is 3. The zero-order chi connectivity index (χ0) is 14.8. The van der Waals surface area contributed by atoms with E-state index in [4.69, 9.17) is 5.73 Å². The summed E-state index contributed by atoms with van der Waals surface area (Å²) in [4.78, 5) is 6.84. The molecule has 0 radical (unpaired) electrons. The minimum absolute atomic E-state index is 0.598. The third-order valence-corrected chi connectivity index (χ3v) is 5.07. The largest absolute Gasteiger partial charge is 0.396 e. The van der Waals surface area contributed by atoms with Crippen molar-refractivity contribution in [3.8, 4) is 0 Å². The van der Waals surface area contributed by atoms with Gasteiger partial charge in [0.05, 0.1) is 23.1 Å². The summed E-state index contributed by atoms with van der Waals surface area (Å²) in [5, 5.41) is 1.16. The molecule has 2 N–H and O–H groups in total. The Balaban J connectivity index is 1.91. The molecule has 0 unspecified atom stereocenters. The molecule has 1 aliphatic rings. The predicted octanol–water partition coefficient (Wildman–Crippen LogP) is 4.22. The van der Waals surface area contributed by atoms with Gasteiger partial charge in [-0.1, -0.05) is 31.5 Å². The summed E-state index contributed by atoms with van der Waals surface area (Å²) in [6.07, 6.45) is 8.33. The zero-order valence-electron chi connectivity index (χ0n) is 13.0. The van der Waals surface area contributed by atoms with E-state index in [-0.39, 0.29) is 0 Å². The molecule has 2 aromatic rings. The SMILES string of the molecule is CCC1CCC(N(C)c2c(N)cnc3ccccc23)CC1. The maximum atomic E-state index is 6.24. The Kier molecular flexibility index (Phi) is 4.00. The van der Waals surface area contributed by atoms with Crippen molar-refractivity contribution in [2.45, 2.75) is 45.1 Å². The van der Waals surface area contributed by atoms with Gasteiger partial charge in [-0.25, -0.2) is 0 Å². The van der Waals surface area contributed by atoms with E-state index in [0.29, 0.717) is 6.04 Å². The van der Waals surface area contributed by atoms with Gasteiger partial charge >= 0.3 is 0 Å². The second kappa shape index (κ2) is 5.92. The van der Waals surface area contributed by atoms with Gasteiger partial charge in [-0.05, 0) is 37.7 Å². The van der Waals surface area contributed by atoms with Crippen LogP contribution in [0.3, 0.4) is 0 Å². The summed E-state index contributed by atoms with van der Waals surface area (Å²) in [6.45, 7) is 2.31. The van der Waals surface area contributed by atoms with Crippen molar-refractivity contribution in [2.75, 3.05) is 17.7 Å². The standard InChI is InChI=1S/C18H25N3/c1-3-13-8-10-14(11-9-13)21(2)18-15-6-4-5-7-17(15)20-12-16(18)19/h4-7,12-14H,3,8-11,19H2,1-2H3. The second-order valence-corrected chi connectivity index (χ2v) is 6.27. The molecule has 1 heterocycles. The third-order valence-electron chi connectivity index (χ3n) is 5.07. The van der Waals surface area contributed by atoms with E-state index in [1.165, 1.54) is 32.1 Å². The van der Waals surface area contributed by atoms with Crippen molar-refractivity contribution in [2.24, 2.45) is 5.92 Å². The number of anilines is 2. The van der Waals surface area contributed by atoms with Crippen LogP contribution in [0.4, 0.5) is 11.4 Å². The average molecular weight is 283 g/mol. The lowest BCUT2D eigenvalue weighted by Gasteiger charge is -2.36. The van der Waals surface area contributed by atoms with Crippen LogP contribution in [0.5, 0.6) is 0 Å². The Hall–Kier alpha value is -1.77. The molecule has 0 saturated heterocycles. The first kappa shape index (κ1) is 14.2. The smallest absolute Gasteiger partial charge is 0.0745 e. The number of hydrogen-bond acceptors (Lipinski definition) is 3. The number of benzene rings is 1. The van der Waals surface area contributed by atoms with Crippen LogP contribution in [0.2, 0.25) is 0 Å². The highest BCUT2D eigenvalue weighted by atomic mass is 15.1. The van der Waals surface area contributed by atoms with Crippen LogP contribution in [-0.4, -0.2) is 18.1 Å². The molecule has 0 spiro atoms. The van der Waals surface area contributed by atoms with Crippen LogP contribution in [-0.2, 0) is 0 Å². The Morgan fingerprint density at radius 2 is 1.90 bits per heavy atom. The Morgan fingerprint density at radius 1 is 1.19 bits per heavy atom. The number of nitrogens with two attached hydrogens (primary N) is 1. The fourth-order valence-corrected chi connectivity index (χ4v) is 3.66. The Bertz CT molecular complexity index is 615. The summed E-state index contributed by atoms with van der Waals surface area (Å²) in [6, 6.07) is 8.87. The highest BCUT2D eigenvalue weighted by molar-refractivity contribution is 5.97. The van der Waals surface area contributed by atoms with Crippen LogP contribution in [0.25, 0.3) is 10.9 Å². The zero-order valence-corrected chi connectivity index (χ0v) is 13.0. The number of fused-ring (bicyclic) bond motifs is 1. The first-order chi connectivity index (χ1) is 10.2. The van der Waals surface area contributed by atoms with E-state index in [1.54, 1.807) is 6.20 Å². The average Bonchev–Trinajstić information content (AvgIpc) is 2.54. The molecule has 0 bridgehead atoms. The lowest BCUT2D eigenvalue weighted by Crippen LogP contribution is -2.35. The van der Waals surface area contributed by atoms with E-state index in [9.17, 15) is 0 Å². The van der Waals surface area contributed by atoms with Crippen LogP contribution < -0.4 is 10.6 Å². The molecular weight excluding hydrogens is 258 g/mol. The number of nitrogen functional groups attached to an aromatic ring is 1. The van der Waals surface area contributed by atoms with Crippen molar-refractivity contribution >= 4 is 22.3 Å². The van der Waals surface area contributed by atoms with Gasteiger partial charge in [0.2, 0.25) is 0 Å². The second-order valence-electron chi connectivity index (χ2n) is 6.27. The fourth-order valence-electron chi connectivity index (χ4n) is 3.66. The lowest BCUT2D eigenvalue weighted by atomic mass is 9.84. The highest BCUT2D eigenvalue weighted by Crippen LogP contribution is 2.36. The summed E-state index contributed by atoms with van der Waals surface area (Å²) in [5.74, 6) is 0.918. The first-order valence-electron chi connectivity index (χ1n) is 8.06. The number of aromatic nitrogens is 1. The monoisotopic (exact) mass is 283 g/mol. The van der Waals surface area contributed by atoms with Crippen molar-refractivity contribution < 1.29 is 0 Å². The first-order valence-corrected chi connectivity index (χ1v) is 8.06. The molecule has 112 valence electrons. The van der Waals surface area contributed by atoms with Gasteiger partial charge in [-0.2, -0.15) is 0 Å². The van der Waals surface area contributed by atoms with E-state index in [2.05, 4.69) is 42.1 Å². The molecule has 1 aromatic carbocycles. The Labute approximate surface area is 127 Å². The molecular formula is C18H25N3. The van der Waals surface area contributed by atoms with Crippen LogP contribution in [0.15, 0.2) is 30.5 Å². The number of hydrogen-bond donors (Lipinski definition) is 1. The minimum Gasteiger partial charge on any atom is -0.396 e. The van der Waals surface area contributed by atoms with Gasteiger partial charge in [0, 0.05) is 18.5 Å². The van der Waals surface area contributed by atoms with Crippen molar-refractivity contribution in [1.29, 1.82) is 0 Å². The van der Waals surface area contributed by atoms with E-state index in [0.717, 1.165) is 28.2 Å². The van der Waals surface area contributed by atoms with Crippen molar-refractivity contribution in [1.82, 2.24) is 4.98 Å². The third kappa shape index (κ3) is 2.69. The fraction of sp³-hybridized carbons (Fsp3) is 0.500. The molecule has 21 heavy (non-hydrogen) atoms. The molecule has 1 fully saturated rings. The molecule has 1 saturated carbocycles. The number of nitrogens with zero attached hydrogens (tertiary/aromatic N) is 2. The normalized spacial score (nSPS) is 22.4. The van der Waals surface area contributed by atoms with Crippen LogP contribution >= 0.6 is 0 Å². The molecule has 0 amide bonds. The molecule has 1 aliphatic carbocycles. The highest BCUT2D eigenvalue weighted by Gasteiger charge is 2.25.